The summed E-state index contributed by atoms with van der Waals surface area (Å²) >= 11 is 0. The Morgan fingerprint density at radius 3 is 2.57 bits per heavy atom. The summed E-state index contributed by atoms with van der Waals surface area (Å²) in [6.45, 7) is 5.73. The third kappa shape index (κ3) is 5.94. The molecule has 0 aromatic rings. The number of rotatable bonds is 8. The van der Waals surface area contributed by atoms with Crippen LogP contribution in [0.25, 0.3) is 0 Å². The first-order valence-electron chi connectivity index (χ1n) is 5.20. The topological polar surface area (TPSA) is 61.6 Å². The van der Waals surface area contributed by atoms with Gasteiger partial charge in [0.2, 0.25) is 0 Å². The molecular weight excluding hydrogens is 182 g/mol. The largest absolute Gasteiger partial charge is 0.463 e. The number of nitrogens with two attached hydrogens (primary N) is 1. The van der Waals surface area contributed by atoms with Crippen molar-refractivity contribution in [1.82, 2.24) is 0 Å². The Labute approximate surface area is 85.8 Å². The highest BCUT2D eigenvalue weighted by Gasteiger charge is 2.16. The molecule has 0 heterocycles. The Balaban J connectivity index is 3.58. The van der Waals surface area contributed by atoms with E-state index >= 15 is 0 Å². The Morgan fingerprint density at radius 1 is 1.36 bits per heavy atom. The van der Waals surface area contributed by atoms with E-state index in [0.29, 0.717) is 26.4 Å². The Morgan fingerprint density at radius 2 is 2.07 bits per heavy atom. The van der Waals surface area contributed by atoms with Crippen LogP contribution in [-0.2, 0) is 14.3 Å². The first-order valence-corrected chi connectivity index (χ1v) is 5.20. The van der Waals surface area contributed by atoms with Crippen LogP contribution in [0.5, 0.6) is 0 Å². The Hall–Kier alpha value is -0.610. The molecule has 0 aliphatic heterocycles. The molecule has 2 N–H and O–H groups in total. The summed E-state index contributed by atoms with van der Waals surface area (Å²) in [5.41, 5.74) is 5.46. The van der Waals surface area contributed by atoms with Crippen LogP contribution in [0.3, 0.4) is 0 Å². The molecule has 0 aliphatic carbocycles. The number of esters is 1. The number of carbonyl (C=O) groups excluding carboxylic acids is 1. The number of hydrogen-bond acceptors (Lipinski definition) is 4. The fourth-order valence-electron chi connectivity index (χ4n) is 1.14. The van der Waals surface area contributed by atoms with Crippen molar-refractivity contribution in [2.75, 3.05) is 26.4 Å². The van der Waals surface area contributed by atoms with E-state index in [4.69, 9.17) is 15.2 Å². The van der Waals surface area contributed by atoms with Crippen LogP contribution in [0.1, 0.15) is 26.7 Å². The molecular formula is C10H21NO3. The van der Waals surface area contributed by atoms with Crippen LogP contribution >= 0.6 is 0 Å². The summed E-state index contributed by atoms with van der Waals surface area (Å²) in [5, 5.41) is 0. The van der Waals surface area contributed by atoms with E-state index in [2.05, 4.69) is 0 Å². The van der Waals surface area contributed by atoms with E-state index < -0.39 is 0 Å². The third-order valence-electron chi connectivity index (χ3n) is 1.93. The summed E-state index contributed by atoms with van der Waals surface area (Å²) in [7, 11) is 0. The quantitative estimate of drug-likeness (QED) is 0.471. The minimum absolute atomic E-state index is 0.151. The van der Waals surface area contributed by atoms with Gasteiger partial charge in [0.05, 0.1) is 12.5 Å². The second-order valence-corrected chi connectivity index (χ2v) is 3.09. The molecule has 84 valence electrons. The summed E-state index contributed by atoms with van der Waals surface area (Å²) in [5.74, 6) is -0.351. The van der Waals surface area contributed by atoms with Gasteiger partial charge in [0.15, 0.2) is 0 Å². The van der Waals surface area contributed by atoms with Gasteiger partial charge in [-0.3, -0.25) is 4.79 Å². The minimum Gasteiger partial charge on any atom is -0.463 e. The average molecular weight is 203 g/mol. The standard InChI is InChI=1S/C10H21NO3/c1-3-5-9(8-11)10(12)14-7-6-13-4-2/h9H,3-8,11H2,1-2H3. The van der Waals surface area contributed by atoms with Crippen LogP contribution in [-0.4, -0.2) is 32.3 Å². The SMILES string of the molecule is CCCC(CN)C(=O)OCCOCC. The van der Waals surface area contributed by atoms with Crippen LogP contribution in [0.2, 0.25) is 0 Å². The summed E-state index contributed by atoms with van der Waals surface area (Å²) in [6, 6.07) is 0. The molecule has 0 saturated heterocycles. The monoisotopic (exact) mass is 203 g/mol. The summed E-state index contributed by atoms with van der Waals surface area (Å²) in [4.78, 5) is 11.4. The average Bonchev–Trinajstić information content (AvgIpc) is 2.20. The molecule has 0 aromatic heterocycles. The lowest BCUT2D eigenvalue weighted by molar-refractivity contribution is -0.149. The zero-order valence-corrected chi connectivity index (χ0v) is 9.12. The number of ether oxygens (including phenoxy) is 2. The molecule has 0 fully saturated rings. The lowest BCUT2D eigenvalue weighted by Crippen LogP contribution is -2.26. The number of hydrogen-bond donors (Lipinski definition) is 1. The molecule has 0 radical (unpaired) electrons. The second-order valence-electron chi connectivity index (χ2n) is 3.09. The van der Waals surface area contributed by atoms with Gasteiger partial charge in [-0.05, 0) is 13.3 Å². The highest BCUT2D eigenvalue weighted by Crippen LogP contribution is 2.06. The van der Waals surface area contributed by atoms with Crippen molar-refractivity contribution >= 4 is 5.97 Å². The lowest BCUT2D eigenvalue weighted by atomic mass is 10.0. The van der Waals surface area contributed by atoms with Gasteiger partial charge in [0.1, 0.15) is 6.61 Å². The maximum absolute atomic E-state index is 11.4. The minimum atomic E-state index is -0.200. The van der Waals surface area contributed by atoms with Gasteiger partial charge in [-0.25, -0.2) is 0 Å². The van der Waals surface area contributed by atoms with E-state index in [0.717, 1.165) is 12.8 Å². The Kier molecular flexibility index (Phi) is 8.57. The molecule has 4 nitrogen and oxygen atoms in total. The first kappa shape index (κ1) is 13.4. The molecule has 1 atom stereocenters. The number of carbonyl (C=O) groups is 1. The van der Waals surface area contributed by atoms with Gasteiger partial charge in [-0.2, -0.15) is 0 Å². The van der Waals surface area contributed by atoms with Gasteiger partial charge in [0.25, 0.3) is 0 Å². The molecule has 0 aromatic carbocycles. The fourth-order valence-corrected chi connectivity index (χ4v) is 1.14. The summed E-state index contributed by atoms with van der Waals surface area (Å²) in [6.07, 6.45) is 1.74. The highest BCUT2D eigenvalue weighted by atomic mass is 16.6. The van der Waals surface area contributed by atoms with E-state index in [1.54, 1.807) is 0 Å². The van der Waals surface area contributed by atoms with Crippen LogP contribution in [0, 0.1) is 5.92 Å². The van der Waals surface area contributed by atoms with Gasteiger partial charge in [-0.15, -0.1) is 0 Å². The van der Waals surface area contributed by atoms with Crippen molar-refractivity contribution in [3.05, 3.63) is 0 Å². The van der Waals surface area contributed by atoms with Gasteiger partial charge in [0, 0.05) is 13.2 Å². The molecule has 4 heteroatoms. The van der Waals surface area contributed by atoms with Gasteiger partial charge >= 0.3 is 5.97 Å². The lowest BCUT2D eigenvalue weighted by Gasteiger charge is -2.12. The predicted octanol–water partition coefficient (Wildman–Crippen LogP) is 0.941. The molecule has 1 unspecified atom stereocenters. The molecule has 0 spiro atoms. The highest BCUT2D eigenvalue weighted by molar-refractivity contribution is 5.72. The van der Waals surface area contributed by atoms with E-state index in [1.165, 1.54) is 0 Å². The van der Waals surface area contributed by atoms with Crippen molar-refractivity contribution in [1.29, 1.82) is 0 Å². The third-order valence-corrected chi connectivity index (χ3v) is 1.93. The zero-order valence-electron chi connectivity index (χ0n) is 9.12. The predicted molar refractivity (Wildman–Crippen MR) is 54.9 cm³/mol. The molecule has 0 aliphatic rings. The van der Waals surface area contributed by atoms with Crippen molar-refractivity contribution in [2.24, 2.45) is 11.7 Å². The van der Waals surface area contributed by atoms with Crippen LogP contribution in [0.4, 0.5) is 0 Å². The second kappa shape index (κ2) is 8.97. The van der Waals surface area contributed by atoms with Crippen molar-refractivity contribution < 1.29 is 14.3 Å². The normalized spacial score (nSPS) is 12.5. The molecule has 0 amide bonds. The van der Waals surface area contributed by atoms with Crippen molar-refractivity contribution in [2.45, 2.75) is 26.7 Å². The zero-order chi connectivity index (χ0) is 10.8. The fraction of sp³-hybridized carbons (Fsp3) is 0.900. The Bertz CT molecular complexity index is 150. The summed E-state index contributed by atoms with van der Waals surface area (Å²) < 4.78 is 10.1. The van der Waals surface area contributed by atoms with Gasteiger partial charge < -0.3 is 15.2 Å². The first-order chi connectivity index (χ1) is 6.76. The van der Waals surface area contributed by atoms with Crippen LogP contribution < -0.4 is 5.73 Å². The molecule has 0 rings (SSSR count). The molecule has 0 saturated carbocycles. The van der Waals surface area contributed by atoms with E-state index in [-0.39, 0.29) is 11.9 Å². The van der Waals surface area contributed by atoms with Gasteiger partial charge in [-0.1, -0.05) is 13.3 Å². The molecule has 0 bridgehead atoms. The smallest absolute Gasteiger partial charge is 0.310 e. The van der Waals surface area contributed by atoms with E-state index in [9.17, 15) is 4.79 Å². The maximum atomic E-state index is 11.4. The van der Waals surface area contributed by atoms with Crippen molar-refractivity contribution in [3.8, 4) is 0 Å². The maximum Gasteiger partial charge on any atom is 0.310 e. The van der Waals surface area contributed by atoms with E-state index in [1.807, 2.05) is 13.8 Å². The van der Waals surface area contributed by atoms with Crippen molar-refractivity contribution in [3.63, 3.8) is 0 Å². The van der Waals surface area contributed by atoms with Crippen LogP contribution in [0.15, 0.2) is 0 Å². The molecule has 14 heavy (non-hydrogen) atoms.